The third-order valence-electron chi connectivity index (χ3n) is 5.84. The van der Waals surface area contributed by atoms with E-state index >= 15 is 0 Å². The van der Waals surface area contributed by atoms with E-state index in [1.807, 2.05) is 0 Å². The number of H-pyrrole nitrogens is 1. The van der Waals surface area contributed by atoms with Gasteiger partial charge in [-0.05, 0) is 24.5 Å². The molecular formula is C18H15FN2O. The van der Waals surface area contributed by atoms with E-state index in [2.05, 4.69) is 34.1 Å². The van der Waals surface area contributed by atoms with Gasteiger partial charge in [-0.3, -0.25) is 4.90 Å². The molecule has 3 aliphatic rings. The number of hydrogen-bond acceptors (Lipinski definition) is 2. The van der Waals surface area contributed by atoms with Gasteiger partial charge in [0.2, 0.25) is 0 Å². The second-order valence-electron chi connectivity index (χ2n) is 6.82. The minimum Gasteiger partial charge on any atom is -0.434 e. The number of para-hydroxylation sites is 1. The molecule has 1 N–H and O–H groups in total. The van der Waals surface area contributed by atoms with Gasteiger partial charge < -0.3 is 9.40 Å². The van der Waals surface area contributed by atoms with Crippen LogP contribution in [0.3, 0.4) is 0 Å². The second-order valence-corrected chi connectivity index (χ2v) is 6.82. The molecule has 6 rings (SSSR count). The molecule has 0 radical (unpaired) electrons. The van der Waals surface area contributed by atoms with Gasteiger partial charge in [0.05, 0.1) is 5.54 Å². The molecule has 4 heteroatoms. The Morgan fingerprint density at radius 3 is 3.18 bits per heavy atom. The predicted octanol–water partition coefficient (Wildman–Crippen LogP) is 3.65. The van der Waals surface area contributed by atoms with E-state index in [0.29, 0.717) is 5.92 Å². The van der Waals surface area contributed by atoms with Crippen molar-refractivity contribution in [1.82, 2.24) is 9.88 Å². The monoisotopic (exact) mass is 294 g/mol. The van der Waals surface area contributed by atoms with E-state index in [9.17, 15) is 4.39 Å². The average molecular weight is 294 g/mol. The Morgan fingerprint density at radius 2 is 2.23 bits per heavy atom. The lowest BCUT2D eigenvalue weighted by Gasteiger charge is -2.38. The number of aromatic nitrogens is 1. The van der Waals surface area contributed by atoms with Crippen LogP contribution in [0.4, 0.5) is 4.39 Å². The summed E-state index contributed by atoms with van der Waals surface area (Å²) in [6.45, 7) is 1.89. The fraction of sp³-hybridized carbons (Fsp3) is 0.333. The lowest BCUT2D eigenvalue weighted by atomic mass is 9.90. The van der Waals surface area contributed by atoms with Crippen LogP contribution in [0.5, 0.6) is 0 Å². The molecule has 3 nitrogen and oxygen atoms in total. The van der Waals surface area contributed by atoms with Crippen LogP contribution in [0.2, 0.25) is 0 Å². The van der Waals surface area contributed by atoms with Crippen LogP contribution in [-0.2, 0) is 18.5 Å². The van der Waals surface area contributed by atoms with Crippen molar-refractivity contribution < 1.29 is 8.81 Å². The first kappa shape index (κ1) is 11.5. The van der Waals surface area contributed by atoms with Crippen molar-refractivity contribution in [2.45, 2.75) is 30.8 Å². The smallest absolute Gasteiger partial charge is 0.278 e. The van der Waals surface area contributed by atoms with E-state index in [-0.39, 0.29) is 5.54 Å². The SMILES string of the molecule is Fc1cc2c(o1)C13CC1c1c([nH]c4ccccc14)CN3CC2. The van der Waals surface area contributed by atoms with E-state index in [0.717, 1.165) is 37.3 Å². The number of rotatable bonds is 0. The molecular weight excluding hydrogens is 279 g/mol. The summed E-state index contributed by atoms with van der Waals surface area (Å²) < 4.78 is 19.1. The molecule has 2 unspecified atom stereocenters. The maximum atomic E-state index is 13.6. The lowest BCUT2D eigenvalue weighted by Crippen LogP contribution is -2.43. The standard InChI is InChI=1S/C18H15FN2O/c19-15-7-10-5-6-21-9-14-16(11-3-1-2-4-13(11)20-14)12-8-18(12,21)17(10)22-15/h1-4,7,12,20H,5-6,8-9H2. The summed E-state index contributed by atoms with van der Waals surface area (Å²) in [6, 6.07) is 9.65. The highest BCUT2D eigenvalue weighted by Crippen LogP contribution is 2.68. The van der Waals surface area contributed by atoms with Crippen LogP contribution >= 0.6 is 0 Å². The number of benzene rings is 1. The van der Waals surface area contributed by atoms with Crippen molar-refractivity contribution >= 4 is 10.9 Å². The molecule has 3 aromatic rings. The van der Waals surface area contributed by atoms with Crippen LogP contribution in [0, 0.1) is 6.01 Å². The summed E-state index contributed by atoms with van der Waals surface area (Å²) in [4.78, 5) is 6.07. The van der Waals surface area contributed by atoms with Crippen LogP contribution in [-0.4, -0.2) is 16.4 Å². The summed E-state index contributed by atoms with van der Waals surface area (Å²) in [5.41, 5.74) is 4.95. The van der Waals surface area contributed by atoms with Gasteiger partial charge >= 0.3 is 0 Å². The Hall–Kier alpha value is -2.07. The second kappa shape index (κ2) is 3.46. The highest BCUT2D eigenvalue weighted by Gasteiger charge is 2.67. The highest BCUT2D eigenvalue weighted by molar-refractivity contribution is 5.86. The fourth-order valence-corrected chi connectivity index (χ4v) is 4.89. The first-order valence-electron chi connectivity index (χ1n) is 7.90. The van der Waals surface area contributed by atoms with Crippen LogP contribution in [0.1, 0.15) is 34.9 Å². The lowest BCUT2D eigenvalue weighted by molar-refractivity contribution is 0.109. The summed E-state index contributed by atoms with van der Waals surface area (Å²) in [5.74, 6) is 1.31. The summed E-state index contributed by atoms with van der Waals surface area (Å²) in [5, 5.41) is 1.32. The van der Waals surface area contributed by atoms with Crippen molar-refractivity contribution in [3.8, 4) is 0 Å². The van der Waals surface area contributed by atoms with Gasteiger partial charge in [0.15, 0.2) is 0 Å². The molecule has 0 bridgehead atoms. The molecule has 2 atom stereocenters. The van der Waals surface area contributed by atoms with Crippen LogP contribution in [0.25, 0.3) is 10.9 Å². The number of nitrogens with zero attached hydrogens (tertiary/aromatic N) is 1. The average Bonchev–Trinajstić information content (AvgIpc) is 2.95. The zero-order chi connectivity index (χ0) is 14.5. The normalized spacial score (nSPS) is 28.9. The molecule has 110 valence electrons. The van der Waals surface area contributed by atoms with Crippen LogP contribution < -0.4 is 0 Å². The molecule has 2 aliphatic heterocycles. The summed E-state index contributed by atoms with van der Waals surface area (Å²) in [7, 11) is 0. The maximum absolute atomic E-state index is 13.6. The molecule has 1 fully saturated rings. The first-order chi connectivity index (χ1) is 10.8. The maximum Gasteiger partial charge on any atom is 0.278 e. The van der Waals surface area contributed by atoms with E-state index in [1.54, 1.807) is 6.07 Å². The summed E-state index contributed by atoms with van der Waals surface area (Å²) in [6.07, 6.45) is 1.93. The van der Waals surface area contributed by atoms with Gasteiger partial charge in [-0.1, -0.05) is 18.2 Å². The van der Waals surface area contributed by atoms with Crippen molar-refractivity contribution in [3.63, 3.8) is 0 Å². The van der Waals surface area contributed by atoms with Gasteiger partial charge in [0, 0.05) is 47.2 Å². The number of fused-ring (bicyclic) bond motifs is 5. The third kappa shape index (κ3) is 1.15. The Morgan fingerprint density at radius 1 is 1.32 bits per heavy atom. The highest BCUT2D eigenvalue weighted by atomic mass is 19.1. The van der Waals surface area contributed by atoms with Gasteiger partial charge in [-0.15, -0.1) is 0 Å². The zero-order valence-corrected chi connectivity index (χ0v) is 12.0. The largest absolute Gasteiger partial charge is 0.434 e. The zero-order valence-electron chi connectivity index (χ0n) is 12.0. The van der Waals surface area contributed by atoms with Crippen molar-refractivity contribution in [3.05, 3.63) is 58.9 Å². The molecule has 22 heavy (non-hydrogen) atoms. The molecule has 1 aliphatic carbocycles. The fourth-order valence-electron chi connectivity index (χ4n) is 4.89. The van der Waals surface area contributed by atoms with Crippen molar-refractivity contribution in [2.75, 3.05) is 6.54 Å². The molecule has 1 spiro atoms. The third-order valence-corrected chi connectivity index (χ3v) is 5.84. The van der Waals surface area contributed by atoms with Crippen molar-refractivity contribution in [1.29, 1.82) is 0 Å². The predicted molar refractivity (Wildman–Crippen MR) is 80.1 cm³/mol. The molecule has 1 saturated carbocycles. The van der Waals surface area contributed by atoms with E-state index < -0.39 is 6.01 Å². The number of aromatic amines is 1. The van der Waals surface area contributed by atoms with Gasteiger partial charge in [0.1, 0.15) is 5.76 Å². The van der Waals surface area contributed by atoms with E-state index in [1.165, 1.54) is 22.2 Å². The topological polar surface area (TPSA) is 32.2 Å². The number of halogens is 1. The Balaban J connectivity index is 1.61. The molecule has 1 aromatic carbocycles. The summed E-state index contributed by atoms with van der Waals surface area (Å²) >= 11 is 0. The first-order valence-corrected chi connectivity index (χ1v) is 7.90. The Bertz CT molecular complexity index is 940. The van der Waals surface area contributed by atoms with Crippen molar-refractivity contribution in [2.24, 2.45) is 0 Å². The Labute approximate surface area is 126 Å². The number of furan rings is 1. The quantitative estimate of drug-likeness (QED) is 0.686. The van der Waals surface area contributed by atoms with Crippen LogP contribution in [0.15, 0.2) is 34.7 Å². The van der Waals surface area contributed by atoms with Gasteiger partial charge in [-0.2, -0.15) is 4.39 Å². The molecule has 2 aromatic heterocycles. The molecule has 0 saturated heterocycles. The number of nitrogens with one attached hydrogen (secondary N) is 1. The minimum absolute atomic E-state index is 0.0874. The van der Waals surface area contributed by atoms with E-state index in [4.69, 9.17) is 4.42 Å². The molecule has 0 amide bonds. The van der Waals surface area contributed by atoms with Gasteiger partial charge in [-0.25, -0.2) is 0 Å². The molecule has 4 heterocycles. The number of hydrogen-bond donors (Lipinski definition) is 1. The van der Waals surface area contributed by atoms with Gasteiger partial charge in [0.25, 0.3) is 6.01 Å². The Kier molecular flexibility index (Phi) is 1.81. The minimum atomic E-state index is -0.434.